The average molecular weight is 278 g/mol. The zero-order chi connectivity index (χ0) is 14.8. The minimum atomic E-state index is -0.493. The number of carbonyl (C=O) groups excluding carboxylic acids is 1. The highest BCUT2D eigenvalue weighted by atomic mass is 16.5. The largest absolute Gasteiger partial charge is 0.515 e. The van der Waals surface area contributed by atoms with Crippen LogP contribution in [0.4, 0.5) is 0 Å². The van der Waals surface area contributed by atoms with Gasteiger partial charge < -0.3 is 14.6 Å². The molecule has 110 valence electrons. The van der Waals surface area contributed by atoms with Crippen molar-refractivity contribution in [3.8, 4) is 5.75 Å². The lowest BCUT2D eigenvalue weighted by atomic mass is 10.1. The second kappa shape index (κ2) is 9.02. The summed E-state index contributed by atoms with van der Waals surface area (Å²) < 4.78 is 10.5. The van der Waals surface area contributed by atoms with E-state index in [1.807, 2.05) is 24.3 Å². The molecule has 0 spiro atoms. The molecule has 0 radical (unpaired) electrons. The molecule has 0 bridgehead atoms. The van der Waals surface area contributed by atoms with E-state index in [2.05, 4.69) is 6.92 Å². The summed E-state index contributed by atoms with van der Waals surface area (Å²) in [5, 5.41) is 9.13. The molecule has 0 atom stereocenters. The normalized spacial score (nSPS) is 11.2. The number of hydrogen-bond acceptors (Lipinski definition) is 4. The molecular formula is C16H22O4. The summed E-state index contributed by atoms with van der Waals surface area (Å²) in [6.07, 6.45) is 3.22. The van der Waals surface area contributed by atoms with E-state index in [4.69, 9.17) is 14.6 Å². The minimum Gasteiger partial charge on any atom is -0.515 e. The van der Waals surface area contributed by atoms with Crippen molar-refractivity contribution < 1.29 is 19.4 Å². The number of ether oxygens (including phenoxy) is 2. The number of unbranched alkanes of at least 4 members (excludes halogenated alkanes) is 1. The van der Waals surface area contributed by atoms with Crippen molar-refractivity contribution in [3.05, 3.63) is 41.7 Å². The lowest BCUT2D eigenvalue weighted by Gasteiger charge is -2.09. The highest BCUT2D eigenvalue weighted by molar-refractivity contribution is 5.88. The Hall–Kier alpha value is -1.97. The van der Waals surface area contributed by atoms with Crippen molar-refractivity contribution >= 4 is 5.97 Å². The third-order valence-corrected chi connectivity index (χ3v) is 2.75. The van der Waals surface area contributed by atoms with Crippen molar-refractivity contribution in [3.63, 3.8) is 0 Å². The molecule has 0 fully saturated rings. The summed E-state index contributed by atoms with van der Waals surface area (Å²) >= 11 is 0. The molecule has 0 aliphatic rings. The van der Waals surface area contributed by atoms with E-state index in [9.17, 15) is 4.79 Å². The monoisotopic (exact) mass is 278 g/mol. The molecule has 0 aliphatic carbocycles. The molecule has 0 heterocycles. The summed E-state index contributed by atoms with van der Waals surface area (Å²) in [5.74, 6) is 0.282. The first-order valence-corrected chi connectivity index (χ1v) is 6.93. The fraction of sp³-hybridized carbons (Fsp3) is 0.438. The van der Waals surface area contributed by atoms with Gasteiger partial charge in [-0.15, -0.1) is 0 Å². The Labute approximate surface area is 120 Å². The Bertz CT molecular complexity index is 452. The van der Waals surface area contributed by atoms with E-state index in [0.29, 0.717) is 13.0 Å². The van der Waals surface area contributed by atoms with Crippen molar-refractivity contribution in [1.82, 2.24) is 0 Å². The highest BCUT2D eigenvalue weighted by Gasteiger charge is 2.12. The first-order chi connectivity index (χ1) is 9.71. The molecule has 0 saturated heterocycles. The van der Waals surface area contributed by atoms with Gasteiger partial charge in [0.25, 0.3) is 0 Å². The van der Waals surface area contributed by atoms with Crippen LogP contribution >= 0.6 is 0 Å². The van der Waals surface area contributed by atoms with E-state index in [1.165, 1.54) is 0 Å². The topological polar surface area (TPSA) is 55.8 Å². The third kappa shape index (κ3) is 5.34. The highest BCUT2D eigenvalue weighted by Crippen LogP contribution is 2.17. The van der Waals surface area contributed by atoms with Crippen LogP contribution in [-0.4, -0.2) is 24.3 Å². The summed E-state index contributed by atoms with van der Waals surface area (Å²) in [4.78, 5) is 11.6. The van der Waals surface area contributed by atoms with Crippen LogP contribution in [0, 0.1) is 0 Å². The summed E-state index contributed by atoms with van der Waals surface area (Å²) in [6, 6.07) is 7.51. The second-order valence-electron chi connectivity index (χ2n) is 4.40. The first-order valence-electron chi connectivity index (χ1n) is 6.93. The molecule has 0 saturated carbocycles. The summed E-state index contributed by atoms with van der Waals surface area (Å²) in [6.45, 7) is 4.81. The Kier molecular flexibility index (Phi) is 7.25. The molecule has 1 rings (SSSR count). The van der Waals surface area contributed by atoms with Crippen LogP contribution in [0.2, 0.25) is 0 Å². The summed E-state index contributed by atoms with van der Waals surface area (Å²) in [7, 11) is 0. The van der Waals surface area contributed by atoms with Crippen molar-refractivity contribution in [2.75, 3.05) is 13.2 Å². The zero-order valence-corrected chi connectivity index (χ0v) is 12.1. The van der Waals surface area contributed by atoms with Gasteiger partial charge in [0.1, 0.15) is 5.75 Å². The van der Waals surface area contributed by atoms with Crippen LogP contribution in [0.15, 0.2) is 36.1 Å². The number of aliphatic hydroxyl groups is 1. The average Bonchev–Trinajstić information content (AvgIpc) is 2.46. The van der Waals surface area contributed by atoms with Crippen LogP contribution in [-0.2, 0) is 16.0 Å². The number of hydrogen-bond donors (Lipinski definition) is 1. The van der Waals surface area contributed by atoms with Gasteiger partial charge in [0.05, 0.1) is 25.0 Å². The smallest absolute Gasteiger partial charge is 0.337 e. The predicted octanol–water partition coefficient (Wildman–Crippen LogP) is 3.41. The maximum absolute atomic E-state index is 11.6. The fourth-order valence-corrected chi connectivity index (χ4v) is 1.69. The minimum absolute atomic E-state index is 0.234. The quantitative estimate of drug-likeness (QED) is 0.342. The van der Waals surface area contributed by atoms with E-state index < -0.39 is 5.97 Å². The number of rotatable bonds is 8. The molecule has 20 heavy (non-hydrogen) atoms. The zero-order valence-electron chi connectivity index (χ0n) is 12.1. The maximum Gasteiger partial charge on any atom is 0.337 e. The molecule has 0 amide bonds. The van der Waals surface area contributed by atoms with Crippen molar-refractivity contribution in [2.24, 2.45) is 0 Å². The van der Waals surface area contributed by atoms with E-state index >= 15 is 0 Å². The molecule has 4 nitrogen and oxygen atoms in total. The molecule has 1 aromatic rings. The standard InChI is InChI=1S/C16H22O4/c1-3-5-9-20-15-8-6-7-13(11-15)10-14(12-17)16(18)19-4-2/h6-8,11-12,17H,3-5,9-10H2,1-2H3/b14-12+. The number of aliphatic hydroxyl groups excluding tert-OH is 1. The van der Waals surface area contributed by atoms with E-state index in [1.54, 1.807) is 6.92 Å². The lowest BCUT2D eigenvalue weighted by molar-refractivity contribution is -0.138. The third-order valence-electron chi connectivity index (χ3n) is 2.75. The predicted molar refractivity (Wildman–Crippen MR) is 77.9 cm³/mol. The molecular weight excluding hydrogens is 256 g/mol. The van der Waals surface area contributed by atoms with Gasteiger partial charge in [-0.1, -0.05) is 25.5 Å². The van der Waals surface area contributed by atoms with E-state index in [-0.39, 0.29) is 12.2 Å². The molecule has 0 aromatic heterocycles. The Morgan fingerprint density at radius 3 is 2.80 bits per heavy atom. The van der Waals surface area contributed by atoms with Gasteiger partial charge >= 0.3 is 5.97 Å². The second-order valence-corrected chi connectivity index (χ2v) is 4.40. The van der Waals surface area contributed by atoms with Crippen LogP contribution in [0.3, 0.4) is 0 Å². The van der Waals surface area contributed by atoms with Gasteiger partial charge in [0.15, 0.2) is 0 Å². The number of carbonyl (C=O) groups is 1. The van der Waals surface area contributed by atoms with Crippen molar-refractivity contribution in [1.29, 1.82) is 0 Å². The molecule has 1 aromatic carbocycles. The Morgan fingerprint density at radius 2 is 2.15 bits per heavy atom. The van der Waals surface area contributed by atoms with Gasteiger partial charge in [-0.05, 0) is 31.0 Å². The van der Waals surface area contributed by atoms with Gasteiger partial charge in [0.2, 0.25) is 0 Å². The van der Waals surface area contributed by atoms with Crippen LogP contribution in [0.5, 0.6) is 5.75 Å². The van der Waals surface area contributed by atoms with Crippen LogP contribution < -0.4 is 4.74 Å². The Balaban J connectivity index is 2.67. The maximum atomic E-state index is 11.6. The van der Waals surface area contributed by atoms with Crippen molar-refractivity contribution in [2.45, 2.75) is 33.1 Å². The first kappa shape index (κ1) is 16.1. The van der Waals surface area contributed by atoms with E-state index in [0.717, 1.165) is 30.4 Å². The SMILES string of the molecule is CCCCOc1cccc(C/C(=C\O)C(=O)OCC)c1. The fourth-order valence-electron chi connectivity index (χ4n) is 1.69. The molecule has 4 heteroatoms. The molecule has 1 N–H and O–H groups in total. The number of esters is 1. The van der Waals surface area contributed by atoms with Crippen LogP contribution in [0.25, 0.3) is 0 Å². The summed E-state index contributed by atoms with van der Waals surface area (Å²) in [5.41, 5.74) is 1.13. The Morgan fingerprint density at radius 1 is 1.35 bits per heavy atom. The van der Waals surface area contributed by atoms with Gasteiger partial charge in [-0.25, -0.2) is 4.79 Å². The van der Waals surface area contributed by atoms with Crippen LogP contribution in [0.1, 0.15) is 32.3 Å². The molecule has 0 aliphatic heterocycles. The van der Waals surface area contributed by atoms with Gasteiger partial charge in [-0.3, -0.25) is 0 Å². The number of benzene rings is 1. The lowest BCUT2D eigenvalue weighted by Crippen LogP contribution is -2.10. The van der Waals surface area contributed by atoms with Gasteiger partial charge in [0, 0.05) is 6.42 Å². The van der Waals surface area contributed by atoms with Gasteiger partial charge in [-0.2, -0.15) is 0 Å². The molecule has 0 unspecified atom stereocenters.